The topological polar surface area (TPSA) is 46.6 Å². The third-order valence-corrected chi connectivity index (χ3v) is 2.23. The van der Waals surface area contributed by atoms with Crippen LogP contribution >= 0.6 is 0 Å². The van der Waals surface area contributed by atoms with E-state index < -0.39 is 11.6 Å². The molecule has 4 heteroatoms. The molecule has 17 heavy (non-hydrogen) atoms. The molecule has 2 amide bonds. The number of hydrogen-bond donors (Lipinski definition) is 0. The van der Waals surface area contributed by atoms with Crippen molar-refractivity contribution in [1.29, 1.82) is 0 Å². The minimum absolute atomic E-state index is 0.167. The molecule has 4 nitrogen and oxygen atoms in total. The molecule has 1 aromatic rings. The van der Waals surface area contributed by atoms with Crippen molar-refractivity contribution in [3.8, 4) is 0 Å². The van der Waals surface area contributed by atoms with Crippen LogP contribution in [0.1, 0.15) is 26.3 Å². The molecule has 0 atom stereocenters. The van der Waals surface area contributed by atoms with Gasteiger partial charge in [-0.1, -0.05) is 30.3 Å². The van der Waals surface area contributed by atoms with Crippen molar-refractivity contribution in [1.82, 2.24) is 4.90 Å². The summed E-state index contributed by atoms with van der Waals surface area (Å²) in [5, 5.41) is 0. The number of imide groups is 1. The predicted molar refractivity (Wildman–Crippen MR) is 64.3 cm³/mol. The molecular formula is C13H17NO3. The second kappa shape index (κ2) is 5.48. The maximum atomic E-state index is 11.7. The number of amides is 2. The van der Waals surface area contributed by atoms with Crippen LogP contribution in [0.2, 0.25) is 0 Å². The van der Waals surface area contributed by atoms with E-state index >= 15 is 0 Å². The van der Waals surface area contributed by atoms with Gasteiger partial charge in [-0.25, -0.2) is 9.69 Å². The minimum Gasteiger partial charge on any atom is -0.444 e. The molecule has 0 radical (unpaired) electrons. The summed E-state index contributed by atoms with van der Waals surface area (Å²) >= 11 is 0. The fourth-order valence-corrected chi connectivity index (χ4v) is 1.26. The highest BCUT2D eigenvalue weighted by Gasteiger charge is 2.27. The summed E-state index contributed by atoms with van der Waals surface area (Å²) in [5.74, 6) is 0. The van der Waals surface area contributed by atoms with E-state index in [-0.39, 0.29) is 6.61 Å². The van der Waals surface area contributed by atoms with Gasteiger partial charge < -0.3 is 4.74 Å². The first-order valence-electron chi connectivity index (χ1n) is 5.40. The third-order valence-electron chi connectivity index (χ3n) is 2.23. The van der Waals surface area contributed by atoms with Crippen molar-refractivity contribution < 1.29 is 14.3 Å². The highest BCUT2D eigenvalue weighted by Crippen LogP contribution is 2.13. The summed E-state index contributed by atoms with van der Waals surface area (Å²) in [6.07, 6.45) is -0.135. The van der Waals surface area contributed by atoms with Crippen LogP contribution in [0.25, 0.3) is 0 Å². The fourth-order valence-electron chi connectivity index (χ4n) is 1.26. The molecule has 0 saturated carbocycles. The van der Waals surface area contributed by atoms with E-state index in [2.05, 4.69) is 0 Å². The van der Waals surface area contributed by atoms with E-state index in [1.807, 2.05) is 30.3 Å². The Labute approximate surface area is 101 Å². The van der Waals surface area contributed by atoms with Crippen LogP contribution in [0.4, 0.5) is 4.79 Å². The Kier molecular flexibility index (Phi) is 4.26. The van der Waals surface area contributed by atoms with Crippen LogP contribution < -0.4 is 0 Å². The molecule has 0 bridgehead atoms. The molecule has 92 valence electrons. The van der Waals surface area contributed by atoms with Gasteiger partial charge in [0.15, 0.2) is 0 Å². The molecule has 0 spiro atoms. The lowest BCUT2D eigenvalue weighted by Gasteiger charge is -2.29. The number of hydrogen-bond acceptors (Lipinski definition) is 3. The molecule has 0 saturated heterocycles. The van der Waals surface area contributed by atoms with E-state index in [0.717, 1.165) is 10.5 Å². The first-order chi connectivity index (χ1) is 7.95. The van der Waals surface area contributed by atoms with E-state index in [4.69, 9.17) is 4.74 Å². The molecule has 0 N–H and O–H groups in total. The Morgan fingerprint density at radius 3 is 2.35 bits per heavy atom. The number of carbonyl (C=O) groups is 2. The van der Waals surface area contributed by atoms with Gasteiger partial charge in [-0.15, -0.1) is 0 Å². The van der Waals surface area contributed by atoms with Gasteiger partial charge in [0.05, 0.1) is 0 Å². The van der Waals surface area contributed by atoms with Crippen LogP contribution in [0, 0.1) is 0 Å². The molecule has 1 aromatic carbocycles. The van der Waals surface area contributed by atoms with Crippen molar-refractivity contribution in [2.24, 2.45) is 0 Å². The highest BCUT2D eigenvalue weighted by atomic mass is 16.6. The molecule has 0 heterocycles. The van der Waals surface area contributed by atoms with Crippen LogP contribution in [0.3, 0.4) is 0 Å². The number of ether oxygens (including phenoxy) is 1. The first-order valence-corrected chi connectivity index (χ1v) is 5.40. The Bertz CT molecular complexity index is 381. The van der Waals surface area contributed by atoms with Crippen molar-refractivity contribution in [3.63, 3.8) is 0 Å². The van der Waals surface area contributed by atoms with Crippen LogP contribution in [0.15, 0.2) is 30.3 Å². The SMILES string of the molecule is CC(C)(C)N(C=O)C(=O)OCc1ccccc1. The monoisotopic (exact) mass is 235 g/mol. The summed E-state index contributed by atoms with van der Waals surface area (Å²) in [6.45, 7) is 5.47. The summed E-state index contributed by atoms with van der Waals surface area (Å²) in [5.41, 5.74) is 0.316. The van der Waals surface area contributed by atoms with Crippen molar-refractivity contribution in [3.05, 3.63) is 35.9 Å². The molecule has 0 aliphatic heterocycles. The highest BCUT2D eigenvalue weighted by molar-refractivity contribution is 5.81. The van der Waals surface area contributed by atoms with Gasteiger partial charge in [0.2, 0.25) is 6.41 Å². The van der Waals surface area contributed by atoms with Gasteiger partial charge in [-0.2, -0.15) is 0 Å². The average molecular weight is 235 g/mol. The average Bonchev–Trinajstić information content (AvgIpc) is 2.27. The van der Waals surface area contributed by atoms with Crippen molar-refractivity contribution >= 4 is 12.5 Å². The second-order valence-electron chi connectivity index (χ2n) is 4.69. The van der Waals surface area contributed by atoms with Gasteiger partial charge >= 0.3 is 6.09 Å². The zero-order valence-electron chi connectivity index (χ0n) is 10.3. The molecule has 0 aromatic heterocycles. The Morgan fingerprint density at radius 2 is 1.88 bits per heavy atom. The van der Waals surface area contributed by atoms with Crippen LogP contribution in [0.5, 0.6) is 0 Å². The molecule has 0 unspecified atom stereocenters. The zero-order chi connectivity index (χ0) is 12.9. The lowest BCUT2D eigenvalue weighted by Crippen LogP contribution is -2.44. The Morgan fingerprint density at radius 1 is 1.29 bits per heavy atom. The lowest BCUT2D eigenvalue weighted by molar-refractivity contribution is -0.120. The number of carbonyl (C=O) groups excluding carboxylic acids is 2. The Balaban J connectivity index is 2.58. The van der Waals surface area contributed by atoms with Gasteiger partial charge in [0.25, 0.3) is 0 Å². The maximum absolute atomic E-state index is 11.7. The predicted octanol–water partition coefficient (Wildman–Crippen LogP) is 2.58. The van der Waals surface area contributed by atoms with Gasteiger partial charge in [-0.05, 0) is 26.3 Å². The molecule has 0 aliphatic carbocycles. The van der Waals surface area contributed by atoms with Gasteiger partial charge in [0, 0.05) is 5.54 Å². The normalized spacial score (nSPS) is 10.8. The number of nitrogens with zero attached hydrogens (tertiary/aromatic N) is 1. The van der Waals surface area contributed by atoms with E-state index in [0.29, 0.717) is 6.41 Å². The van der Waals surface area contributed by atoms with Crippen molar-refractivity contribution in [2.45, 2.75) is 32.9 Å². The summed E-state index contributed by atoms with van der Waals surface area (Å²) in [7, 11) is 0. The number of rotatable bonds is 3. The summed E-state index contributed by atoms with van der Waals surface area (Å²) < 4.78 is 5.06. The standard InChI is InChI=1S/C13H17NO3/c1-13(2,3)14(10-15)12(16)17-9-11-7-5-4-6-8-11/h4-8,10H,9H2,1-3H3. The lowest BCUT2D eigenvalue weighted by atomic mass is 10.1. The third kappa shape index (κ3) is 3.90. The van der Waals surface area contributed by atoms with Crippen molar-refractivity contribution in [2.75, 3.05) is 0 Å². The first kappa shape index (κ1) is 13.2. The number of benzene rings is 1. The van der Waals surface area contributed by atoms with Crippen LogP contribution in [-0.4, -0.2) is 22.9 Å². The minimum atomic E-state index is -0.628. The van der Waals surface area contributed by atoms with E-state index in [1.54, 1.807) is 20.8 Å². The van der Waals surface area contributed by atoms with Gasteiger partial charge in [-0.3, -0.25) is 4.79 Å². The molecule has 0 aliphatic rings. The molecule has 1 rings (SSSR count). The summed E-state index contributed by atoms with van der Waals surface area (Å²) in [6, 6.07) is 9.33. The van der Waals surface area contributed by atoms with Crippen LogP contribution in [-0.2, 0) is 16.1 Å². The smallest absolute Gasteiger partial charge is 0.417 e. The molecule has 0 fully saturated rings. The maximum Gasteiger partial charge on any atom is 0.417 e. The zero-order valence-corrected chi connectivity index (χ0v) is 10.3. The van der Waals surface area contributed by atoms with E-state index in [9.17, 15) is 9.59 Å². The molecular weight excluding hydrogens is 218 g/mol. The summed E-state index contributed by atoms with van der Waals surface area (Å²) in [4.78, 5) is 23.5. The van der Waals surface area contributed by atoms with E-state index in [1.165, 1.54) is 0 Å². The van der Waals surface area contributed by atoms with Gasteiger partial charge in [0.1, 0.15) is 6.61 Å². The quantitative estimate of drug-likeness (QED) is 0.756. The largest absolute Gasteiger partial charge is 0.444 e. The second-order valence-corrected chi connectivity index (χ2v) is 4.69. The Hall–Kier alpha value is -1.84. The fraction of sp³-hybridized carbons (Fsp3) is 0.385.